The maximum absolute atomic E-state index is 12.0. The van der Waals surface area contributed by atoms with Gasteiger partial charge in [-0.3, -0.25) is 4.57 Å². The molecular formula is C19H30N4O3S. The lowest BCUT2D eigenvalue weighted by molar-refractivity contribution is 0.182. The van der Waals surface area contributed by atoms with Crippen LogP contribution in [0.5, 0.6) is 0 Å². The zero-order chi connectivity index (χ0) is 18.4. The van der Waals surface area contributed by atoms with E-state index in [2.05, 4.69) is 19.7 Å². The quantitative estimate of drug-likeness (QED) is 0.760. The van der Waals surface area contributed by atoms with E-state index in [0.29, 0.717) is 18.4 Å². The van der Waals surface area contributed by atoms with Crippen LogP contribution in [0.1, 0.15) is 56.7 Å². The number of rotatable bonds is 5. The molecule has 8 heteroatoms. The Morgan fingerprint density at radius 3 is 2.63 bits per heavy atom. The Bertz CT molecular complexity index is 783. The molecule has 5 rings (SSSR count). The van der Waals surface area contributed by atoms with Crippen LogP contribution < -0.4 is 4.90 Å². The molecule has 4 fully saturated rings. The topological polar surface area (TPSA) is 77.3 Å². The van der Waals surface area contributed by atoms with Crippen LogP contribution in [0.25, 0.3) is 0 Å². The van der Waals surface area contributed by atoms with Gasteiger partial charge in [0.2, 0.25) is 5.95 Å². The van der Waals surface area contributed by atoms with Gasteiger partial charge in [0.15, 0.2) is 9.84 Å². The van der Waals surface area contributed by atoms with Crippen molar-refractivity contribution in [3.05, 3.63) is 5.82 Å². The third-order valence-electron chi connectivity index (χ3n) is 7.07. The zero-order valence-electron chi connectivity index (χ0n) is 15.9. The minimum atomic E-state index is -2.94. The highest BCUT2D eigenvalue weighted by Crippen LogP contribution is 2.40. The molecule has 0 N–H and O–H groups in total. The number of aromatic nitrogens is 3. The fraction of sp³-hybridized carbons (Fsp3) is 0.895. The standard InChI is InChI=1S/C19H30N4O3S/c24-27(25)10-7-16(13-27)18-20-21-19(23(18)11-14-6-9-26-12-14)22-8-2-5-17(22)15-3-1-4-15/h14-17H,1-13H2. The van der Waals surface area contributed by atoms with Crippen LogP contribution in [0.4, 0.5) is 5.95 Å². The molecular weight excluding hydrogens is 364 g/mol. The van der Waals surface area contributed by atoms with Crippen LogP contribution in [0.15, 0.2) is 0 Å². The summed E-state index contributed by atoms with van der Waals surface area (Å²) in [5, 5.41) is 9.18. The number of nitrogens with zero attached hydrogens (tertiary/aromatic N) is 4. The normalized spacial score (nSPS) is 33.6. The summed E-state index contributed by atoms with van der Waals surface area (Å²) in [6.07, 6.45) is 8.22. The Balaban J connectivity index is 1.46. The number of hydrogen-bond donors (Lipinski definition) is 0. The summed E-state index contributed by atoms with van der Waals surface area (Å²) in [4.78, 5) is 2.49. The highest BCUT2D eigenvalue weighted by Gasteiger charge is 2.39. The first kappa shape index (κ1) is 17.9. The van der Waals surface area contributed by atoms with Gasteiger partial charge in [0.25, 0.3) is 0 Å². The summed E-state index contributed by atoms with van der Waals surface area (Å²) in [7, 11) is -2.94. The highest BCUT2D eigenvalue weighted by atomic mass is 32.2. The predicted octanol–water partition coefficient (Wildman–Crippen LogP) is 1.99. The molecule has 4 heterocycles. The van der Waals surface area contributed by atoms with Gasteiger partial charge in [0, 0.05) is 37.6 Å². The van der Waals surface area contributed by atoms with E-state index in [-0.39, 0.29) is 17.4 Å². The van der Waals surface area contributed by atoms with Gasteiger partial charge in [-0.2, -0.15) is 0 Å². The summed E-state index contributed by atoms with van der Waals surface area (Å²) in [6.45, 7) is 3.50. The van der Waals surface area contributed by atoms with E-state index in [0.717, 1.165) is 50.4 Å². The highest BCUT2D eigenvalue weighted by molar-refractivity contribution is 7.91. The van der Waals surface area contributed by atoms with E-state index in [4.69, 9.17) is 4.74 Å². The number of hydrogen-bond acceptors (Lipinski definition) is 6. The molecule has 0 bridgehead atoms. The van der Waals surface area contributed by atoms with E-state index < -0.39 is 9.84 Å². The average Bonchev–Trinajstić information content (AvgIpc) is 3.33. The van der Waals surface area contributed by atoms with E-state index in [1.54, 1.807) is 0 Å². The molecule has 3 aliphatic heterocycles. The van der Waals surface area contributed by atoms with Gasteiger partial charge in [-0.1, -0.05) is 6.42 Å². The predicted molar refractivity (Wildman–Crippen MR) is 103 cm³/mol. The smallest absolute Gasteiger partial charge is 0.227 e. The fourth-order valence-electron chi connectivity index (χ4n) is 5.34. The molecule has 0 amide bonds. The molecule has 0 spiro atoms. The molecule has 1 aliphatic carbocycles. The van der Waals surface area contributed by atoms with Crippen LogP contribution in [0, 0.1) is 11.8 Å². The molecule has 1 aromatic heterocycles. The maximum Gasteiger partial charge on any atom is 0.227 e. The molecule has 3 saturated heterocycles. The van der Waals surface area contributed by atoms with Crippen molar-refractivity contribution in [2.24, 2.45) is 11.8 Å². The largest absolute Gasteiger partial charge is 0.381 e. The second kappa shape index (κ2) is 7.03. The Hall–Kier alpha value is -1.15. The SMILES string of the molecule is O=S1(=O)CCC(c2nnc(N3CCCC3C3CCC3)n2CC2CCOC2)C1. The van der Waals surface area contributed by atoms with Gasteiger partial charge in [0.1, 0.15) is 5.82 Å². The average molecular weight is 395 g/mol. The van der Waals surface area contributed by atoms with Gasteiger partial charge in [-0.15, -0.1) is 10.2 Å². The van der Waals surface area contributed by atoms with Crippen molar-refractivity contribution in [2.75, 3.05) is 36.2 Å². The molecule has 3 atom stereocenters. The van der Waals surface area contributed by atoms with Crippen molar-refractivity contribution in [1.82, 2.24) is 14.8 Å². The van der Waals surface area contributed by atoms with Gasteiger partial charge in [-0.25, -0.2) is 8.42 Å². The summed E-state index contributed by atoms with van der Waals surface area (Å²) in [5.41, 5.74) is 0. The minimum absolute atomic E-state index is 0.0108. The molecule has 7 nitrogen and oxygen atoms in total. The van der Waals surface area contributed by atoms with Crippen molar-refractivity contribution in [2.45, 2.75) is 63.5 Å². The number of sulfone groups is 1. The number of anilines is 1. The lowest BCUT2D eigenvalue weighted by Crippen LogP contribution is -2.40. The first-order chi connectivity index (χ1) is 13.1. The van der Waals surface area contributed by atoms with Crippen molar-refractivity contribution < 1.29 is 13.2 Å². The van der Waals surface area contributed by atoms with Gasteiger partial charge in [-0.05, 0) is 44.4 Å². The molecule has 0 aromatic carbocycles. The molecule has 0 radical (unpaired) electrons. The minimum Gasteiger partial charge on any atom is -0.381 e. The molecule has 1 saturated carbocycles. The molecule has 150 valence electrons. The van der Waals surface area contributed by atoms with Gasteiger partial charge >= 0.3 is 0 Å². The Morgan fingerprint density at radius 2 is 1.96 bits per heavy atom. The Labute approximate surface area is 161 Å². The maximum atomic E-state index is 12.0. The second-order valence-electron chi connectivity index (χ2n) is 8.89. The third-order valence-corrected chi connectivity index (χ3v) is 8.84. The van der Waals surface area contributed by atoms with Gasteiger partial charge in [0.05, 0.1) is 18.1 Å². The Morgan fingerprint density at radius 1 is 1.07 bits per heavy atom. The lowest BCUT2D eigenvalue weighted by atomic mass is 9.79. The summed E-state index contributed by atoms with van der Waals surface area (Å²) >= 11 is 0. The zero-order valence-corrected chi connectivity index (χ0v) is 16.7. The van der Waals surface area contributed by atoms with Crippen LogP contribution in [0.3, 0.4) is 0 Å². The van der Waals surface area contributed by atoms with E-state index >= 15 is 0 Å². The van der Waals surface area contributed by atoms with Crippen molar-refractivity contribution in [3.63, 3.8) is 0 Å². The summed E-state index contributed by atoms with van der Waals surface area (Å²) in [6, 6.07) is 0.585. The fourth-order valence-corrected chi connectivity index (χ4v) is 7.07. The van der Waals surface area contributed by atoms with Crippen molar-refractivity contribution >= 4 is 15.8 Å². The third kappa shape index (κ3) is 3.39. The molecule has 3 unspecified atom stereocenters. The van der Waals surface area contributed by atoms with E-state index in [1.807, 2.05) is 0 Å². The van der Waals surface area contributed by atoms with Crippen LogP contribution in [-0.4, -0.2) is 60.5 Å². The molecule has 1 aromatic rings. The summed E-state index contributed by atoms with van der Waals surface area (Å²) < 4.78 is 31.9. The summed E-state index contributed by atoms with van der Waals surface area (Å²) in [5.74, 6) is 3.62. The Kier molecular flexibility index (Phi) is 4.66. The molecule has 27 heavy (non-hydrogen) atoms. The monoisotopic (exact) mass is 394 g/mol. The second-order valence-corrected chi connectivity index (χ2v) is 11.1. The van der Waals surface area contributed by atoms with Crippen LogP contribution in [0.2, 0.25) is 0 Å². The van der Waals surface area contributed by atoms with Gasteiger partial charge < -0.3 is 9.64 Å². The van der Waals surface area contributed by atoms with Crippen molar-refractivity contribution in [3.8, 4) is 0 Å². The van der Waals surface area contributed by atoms with Crippen LogP contribution >= 0.6 is 0 Å². The van der Waals surface area contributed by atoms with Crippen LogP contribution in [-0.2, 0) is 21.1 Å². The lowest BCUT2D eigenvalue weighted by Gasteiger charge is -2.37. The first-order valence-electron chi connectivity index (χ1n) is 10.6. The molecule has 4 aliphatic rings. The van der Waals surface area contributed by atoms with E-state index in [9.17, 15) is 8.42 Å². The van der Waals surface area contributed by atoms with Crippen molar-refractivity contribution in [1.29, 1.82) is 0 Å². The first-order valence-corrected chi connectivity index (χ1v) is 12.4. The number of ether oxygens (including phenoxy) is 1. The van der Waals surface area contributed by atoms with E-state index in [1.165, 1.54) is 32.1 Å².